The average Bonchev–Trinajstić information content (AvgIpc) is 2.03. The molecule has 0 aromatic carbocycles. The molecule has 0 aliphatic rings. The second kappa shape index (κ2) is 6.06. The molecule has 1 heterocycles. The minimum Gasteiger partial charge on any atom is -0.716 e. The first-order valence-electron chi connectivity index (χ1n) is 3.42. The van der Waals surface area contributed by atoms with E-state index >= 15 is 0 Å². The van der Waals surface area contributed by atoms with Crippen LogP contribution in [0.15, 0.2) is 30.6 Å². The van der Waals surface area contributed by atoms with Gasteiger partial charge in [-0.25, -0.2) is 8.42 Å². The van der Waals surface area contributed by atoms with Gasteiger partial charge in [0, 0.05) is 19.3 Å². The molecule has 0 saturated heterocycles. The van der Waals surface area contributed by atoms with Crippen molar-refractivity contribution in [2.75, 3.05) is 0 Å². The van der Waals surface area contributed by atoms with Crippen molar-refractivity contribution in [2.24, 2.45) is 0 Å². The fourth-order valence-corrected chi connectivity index (χ4v) is 0.744. The molecule has 6 nitrogen and oxygen atoms in total. The Morgan fingerprint density at radius 1 is 1.29 bits per heavy atom. The van der Waals surface area contributed by atoms with Crippen LogP contribution in [0, 0.1) is 0 Å². The van der Waals surface area contributed by atoms with Crippen LogP contribution in [0.2, 0.25) is 0 Å². The van der Waals surface area contributed by atoms with Gasteiger partial charge < -0.3 is 8.74 Å². The maximum absolute atomic E-state index is 9.66. The summed E-state index contributed by atoms with van der Waals surface area (Å²) in [7, 11) is -4.82. The van der Waals surface area contributed by atoms with Crippen molar-refractivity contribution in [2.45, 2.75) is 6.92 Å². The number of carbonyl (C=O) groups excluding carboxylic acids is 1. The molecule has 0 N–H and O–H groups in total. The number of carbonyl (C=O) groups is 1. The van der Waals surface area contributed by atoms with Crippen molar-refractivity contribution in [3.8, 4) is 0 Å². The van der Waals surface area contributed by atoms with E-state index in [2.05, 4.69) is 9.17 Å². The van der Waals surface area contributed by atoms with E-state index < -0.39 is 16.4 Å². The quantitative estimate of drug-likeness (QED) is 0.489. The maximum atomic E-state index is 9.66. The van der Waals surface area contributed by atoms with Crippen LogP contribution in [0.1, 0.15) is 6.92 Å². The molecule has 1 aromatic rings. The molecule has 0 atom stereocenters. The van der Waals surface area contributed by atoms with E-state index in [1.165, 1.54) is 0 Å². The molecule has 1 aromatic heterocycles. The molecule has 7 heteroatoms. The van der Waals surface area contributed by atoms with E-state index in [-0.39, 0.29) is 0 Å². The van der Waals surface area contributed by atoms with Crippen LogP contribution in [-0.2, 0) is 19.4 Å². The topological polar surface area (TPSA) is 96.4 Å². The monoisotopic (exact) mass is 218 g/mol. The molecular weight excluding hydrogens is 210 g/mol. The van der Waals surface area contributed by atoms with Gasteiger partial charge in [-0.3, -0.25) is 9.78 Å². The van der Waals surface area contributed by atoms with Gasteiger partial charge in [-0.1, -0.05) is 6.07 Å². The zero-order valence-corrected chi connectivity index (χ0v) is 8.10. The third-order valence-corrected chi connectivity index (χ3v) is 1.22. The SMILES string of the molecule is CC(=O)OS(=O)(=O)[O-].c1ccncc1. The fourth-order valence-electron chi connectivity index (χ4n) is 0.456. The predicted molar refractivity (Wildman–Crippen MR) is 45.7 cm³/mol. The number of aromatic nitrogens is 1. The number of pyridine rings is 1. The Kier molecular flexibility index (Phi) is 5.42. The minimum atomic E-state index is -4.82. The summed E-state index contributed by atoms with van der Waals surface area (Å²) >= 11 is 0. The lowest BCUT2D eigenvalue weighted by atomic mass is 10.5. The smallest absolute Gasteiger partial charge is 0.318 e. The molecule has 78 valence electrons. The minimum absolute atomic E-state index is 0.829. The van der Waals surface area contributed by atoms with E-state index in [1.54, 1.807) is 12.4 Å². The molecule has 0 aliphatic heterocycles. The molecule has 0 fully saturated rings. The van der Waals surface area contributed by atoms with Gasteiger partial charge in [-0.05, 0) is 12.1 Å². The number of hydrogen-bond acceptors (Lipinski definition) is 6. The van der Waals surface area contributed by atoms with Crippen molar-refractivity contribution < 1.29 is 21.9 Å². The van der Waals surface area contributed by atoms with Crippen LogP contribution in [0.4, 0.5) is 0 Å². The molecule has 0 radical (unpaired) electrons. The Bertz CT molecular complexity index is 334. The molecule has 0 unspecified atom stereocenters. The summed E-state index contributed by atoms with van der Waals surface area (Å²) in [5.41, 5.74) is 0. The van der Waals surface area contributed by atoms with E-state index in [4.69, 9.17) is 0 Å². The van der Waals surface area contributed by atoms with E-state index in [0.29, 0.717) is 0 Å². The summed E-state index contributed by atoms with van der Waals surface area (Å²) in [6.07, 6.45) is 3.50. The highest BCUT2D eigenvalue weighted by atomic mass is 32.3. The molecule has 14 heavy (non-hydrogen) atoms. The fraction of sp³-hybridized carbons (Fsp3) is 0.143. The van der Waals surface area contributed by atoms with Gasteiger partial charge in [0.1, 0.15) is 0 Å². The Balaban J connectivity index is 0.000000249. The zero-order valence-electron chi connectivity index (χ0n) is 7.28. The van der Waals surface area contributed by atoms with Crippen molar-refractivity contribution in [1.29, 1.82) is 0 Å². The first-order chi connectivity index (χ1) is 6.42. The lowest BCUT2D eigenvalue weighted by Gasteiger charge is -2.02. The van der Waals surface area contributed by atoms with Crippen LogP contribution < -0.4 is 0 Å². The third kappa shape index (κ3) is 10.5. The largest absolute Gasteiger partial charge is 0.716 e. The molecule has 0 aliphatic carbocycles. The van der Waals surface area contributed by atoms with Gasteiger partial charge in [0.2, 0.25) is 0 Å². The average molecular weight is 218 g/mol. The molecule has 0 spiro atoms. The molecule has 1 rings (SSSR count). The summed E-state index contributed by atoms with van der Waals surface area (Å²) in [4.78, 5) is 13.4. The number of nitrogens with zero attached hydrogens (tertiary/aromatic N) is 1. The van der Waals surface area contributed by atoms with E-state index in [0.717, 1.165) is 6.92 Å². The predicted octanol–water partition coefficient (Wildman–Crippen LogP) is 0.0913. The highest BCUT2D eigenvalue weighted by Gasteiger charge is 1.96. The van der Waals surface area contributed by atoms with Crippen LogP contribution >= 0.6 is 0 Å². The molecule has 0 bridgehead atoms. The van der Waals surface area contributed by atoms with Crippen molar-refractivity contribution in [3.63, 3.8) is 0 Å². The Labute approximate surface area is 81.5 Å². The van der Waals surface area contributed by atoms with Gasteiger partial charge in [0.05, 0.1) is 0 Å². The van der Waals surface area contributed by atoms with E-state index in [1.807, 2.05) is 18.2 Å². The maximum Gasteiger partial charge on any atom is 0.318 e. The molecule has 0 amide bonds. The van der Waals surface area contributed by atoms with Gasteiger partial charge in [-0.2, -0.15) is 0 Å². The van der Waals surface area contributed by atoms with Gasteiger partial charge in [-0.15, -0.1) is 0 Å². The normalized spacial score (nSPS) is 9.57. The van der Waals surface area contributed by atoms with Crippen LogP contribution in [0.3, 0.4) is 0 Å². The zero-order chi connectivity index (χ0) is 11.0. The van der Waals surface area contributed by atoms with Crippen LogP contribution in [-0.4, -0.2) is 23.9 Å². The first-order valence-corrected chi connectivity index (χ1v) is 4.76. The van der Waals surface area contributed by atoms with E-state index in [9.17, 15) is 17.8 Å². The van der Waals surface area contributed by atoms with Crippen molar-refractivity contribution in [1.82, 2.24) is 4.98 Å². The second-order valence-corrected chi connectivity index (χ2v) is 2.99. The third-order valence-electron chi connectivity index (χ3n) is 0.786. The highest BCUT2D eigenvalue weighted by Crippen LogP contribution is 1.83. The Hall–Kier alpha value is -1.47. The van der Waals surface area contributed by atoms with Gasteiger partial charge in [0.15, 0.2) is 0 Å². The Morgan fingerprint density at radius 3 is 1.86 bits per heavy atom. The molecular formula is C7H8NO5S-. The lowest BCUT2D eigenvalue weighted by Crippen LogP contribution is -2.07. The summed E-state index contributed by atoms with van der Waals surface area (Å²) in [6.45, 7) is 0.829. The summed E-state index contributed by atoms with van der Waals surface area (Å²) in [5, 5.41) is 0. The lowest BCUT2D eigenvalue weighted by molar-refractivity contribution is -0.131. The highest BCUT2D eigenvalue weighted by molar-refractivity contribution is 7.81. The summed E-state index contributed by atoms with van der Waals surface area (Å²) in [5.74, 6) is -1.13. The second-order valence-electron chi connectivity index (χ2n) is 2.01. The standard InChI is InChI=1S/C5H5N.C2H4O5S/c1-2-4-6-5-3-1;1-2(3)7-8(4,5)6/h1-5H;1H3,(H,4,5,6)/p-1. The van der Waals surface area contributed by atoms with Crippen LogP contribution in [0.5, 0.6) is 0 Å². The first kappa shape index (κ1) is 12.5. The summed E-state index contributed by atoms with van der Waals surface area (Å²) < 4.78 is 31.5. The van der Waals surface area contributed by atoms with Gasteiger partial charge >= 0.3 is 5.97 Å². The number of hydrogen-bond donors (Lipinski definition) is 0. The van der Waals surface area contributed by atoms with Crippen molar-refractivity contribution in [3.05, 3.63) is 30.6 Å². The Morgan fingerprint density at radius 2 is 1.79 bits per heavy atom. The van der Waals surface area contributed by atoms with Crippen LogP contribution in [0.25, 0.3) is 0 Å². The summed E-state index contributed by atoms with van der Waals surface area (Å²) in [6, 6.07) is 5.72. The van der Waals surface area contributed by atoms with Gasteiger partial charge in [0.25, 0.3) is 10.4 Å². The van der Waals surface area contributed by atoms with Crippen molar-refractivity contribution >= 4 is 16.4 Å². The molecule has 0 saturated carbocycles. The number of rotatable bonds is 1.